The van der Waals surface area contributed by atoms with Gasteiger partial charge in [-0.2, -0.15) is 10.2 Å². The van der Waals surface area contributed by atoms with Crippen LogP contribution in [0.5, 0.6) is 0 Å². The SMILES string of the molecule is Cc1ncc(Nc2nc(N[C@H](c3cccc(F)c3)[C@H](C)NC(=O)OC(C)(C)C)c(F)cc2C(N)=O)cc1-n1nccn1. The molecule has 0 saturated carbocycles. The van der Waals surface area contributed by atoms with E-state index in [0.717, 1.165) is 6.07 Å². The van der Waals surface area contributed by atoms with Crippen molar-refractivity contribution in [3.8, 4) is 5.69 Å². The molecule has 2 atom stereocenters. The van der Waals surface area contributed by atoms with E-state index in [0.29, 0.717) is 22.6 Å². The number of nitrogens with zero attached hydrogens (tertiary/aromatic N) is 5. The van der Waals surface area contributed by atoms with Crippen LogP contribution in [0, 0.1) is 18.6 Å². The lowest BCUT2D eigenvalue weighted by Gasteiger charge is -2.29. The number of aryl methyl sites for hydroxylation is 1. The minimum Gasteiger partial charge on any atom is -0.444 e. The van der Waals surface area contributed by atoms with Crippen LogP contribution >= 0.6 is 0 Å². The summed E-state index contributed by atoms with van der Waals surface area (Å²) in [6, 6.07) is 6.62. The third kappa shape index (κ3) is 7.33. The minimum atomic E-state index is -0.925. The second kappa shape index (κ2) is 12.2. The smallest absolute Gasteiger partial charge is 0.407 e. The first kappa shape index (κ1) is 29.8. The highest BCUT2D eigenvalue weighted by atomic mass is 19.1. The third-order valence-corrected chi connectivity index (χ3v) is 5.94. The topological polar surface area (TPSA) is 162 Å². The summed E-state index contributed by atoms with van der Waals surface area (Å²) in [7, 11) is 0. The Morgan fingerprint density at radius 2 is 1.79 bits per heavy atom. The van der Waals surface area contributed by atoms with E-state index in [-0.39, 0.29) is 17.2 Å². The van der Waals surface area contributed by atoms with E-state index in [1.807, 2.05) is 0 Å². The molecular weight excluding hydrogens is 548 g/mol. The van der Waals surface area contributed by atoms with Crippen molar-refractivity contribution in [2.24, 2.45) is 5.73 Å². The standard InChI is InChI=1S/C28H31F2N9O3/c1-15-22(39-33-9-10-34-39)12-19(14-32-15)36-25-20(24(31)40)13-21(30)26(38-25)37-23(17-7-6-8-18(29)11-17)16(2)35-27(41)42-28(3,4)5/h6-14,16,23H,1-5H3,(H2,31,40)(H,35,41)(H2,36,37,38)/t16-,23-/m0/s1. The minimum absolute atomic E-state index is 0.0674. The first-order valence-corrected chi connectivity index (χ1v) is 12.9. The van der Waals surface area contributed by atoms with Crippen molar-refractivity contribution >= 4 is 29.3 Å². The van der Waals surface area contributed by atoms with Gasteiger partial charge in [0.1, 0.15) is 22.9 Å². The van der Waals surface area contributed by atoms with E-state index in [9.17, 15) is 14.0 Å². The van der Waals surface area contributed by atoms with Gasteiger partial charge in [0.2, 0.25) is 0 Å². The zero-order valence-corrected chi connectivity index (χ0v) is 23.6. The normalized spacial score (nSPS) is 12.7. The van der Waals surface area contributed by atoms with Gasteiger partial charge in [0.15, 0.2) is 11.6 Å². The molecule has 0 saturated heterocycles. The van der Waals surface area contributed by atoms with Gasteiger partial charge in [0.05, 0.1) is 47.6 Å². The largest absolute Gasteiger partial charge is 0.444 e. The van der Waals surface area contributed by atoms with E-state index in [2.05, 4.69) is 36.1 Å². The highest BCUT2D eigenvalue weighted by Crippen LogP contribution is 2.29. The van der Waals surface area contributed by atoms with E-state index in [1.165, 1.54) is 41.6 Å². The van der Waals surface area contributed by atoms with Gasteiger partial charge >= 0.3 is 6.09 Å². The lowest BCUT2D eigenvalue weighted by atomic mass is 10.00. The van der Waals surface area contributed by atoms with Crippen molar-refractivity contribution in [2.45, 2.75) is 52.3 Å². The molecule has 0 unspecified atom stereocenters. The molecule has 4 aromatic rings. The number of nitrogens with two attached hydrogens (primary N) is 1. The molecular formula is C28H31F2N9O3. The van der Waals surface area contributed by atoms with Crippen LogP contribution in [0.25, 0.3) is 5.69 Å². The Morgan fingerprint density at radius 1 is 1.07 bits per heavy atom. The molecule has 0 bridgehead atoms. The molecule has 0 aliphatic rings. The Kier molecular flexibility index (Phi) is 8.64. The number of aromatic nitrogens is 5. The Labute approximate surface area is 240 Å². The molecule has 3 aromatic heterocycles. The number of pyridine rings is 2. The molecule has 220 valence electrons. The molecule has 1 aromatic carbocycles. The maximum Gasteiger partial charge on any atom is 0.407 e. The van der Waals surface area contributed by atoms with Crippen molar-refractivity contribution in [1.29, 1.82) is 0 Å². The highest BCUT2D eigenvalue weighted by Gasteiger charge is 2.27. The quantitative estimate of drug-likeness (QED) is 0.223. The van der Waals surface area contributed by atoms with Crippen LogP contribution in [0.4, 0.5) is 30.9 Å². The van der Waals surface area contributed by atoms with Crippen LogP contribution in [0.2, 0.25) is 0 Å². The second-order valence-corrected chi connectivity index (χ2v) is 10.5. The van der Waals surface area contributed by atoms with Gasteiger partial charge in [0.25, 0.3) is 5.91 Å². The first-order chi connectivity index (χ1) is 19.8. The van der Waals surface area contributed by atoms with E-state index in [1.54, 1.807) is 46.8 Å². The molecule has 0 spiro atoms. The van der Waals surface area contributed by atoms with Crippen LogP contribution < -0.4 is 21.7 Å². The fraction of sp³-hybridized carbons (Fsp3) is 0.286. The van der Waals surface area contributed by atoms with Crippen molar-refractivity contribution in [3.63, 3.8) is 0 Å². The lowest BCUT2D eigenvalue weighted by molar-refractivity contribution is 0.0503. The second-order valence-electron chi connectivity index (χ2n) is 10.5. The molecule has 12 nitrogen and oxygen atoms in total. The first-order valence-electron chi connectivity index (χ1n) is 12.9. The summed E-state index contributed by atoms with van der Waals surface area (Å²) in [5, 5.41) is 16.8. The number of benzene rings is 1. The average molecular weight is 580 g/mol. The fourth-order valence-electron chi connectivity index (χ4n) is 4.06. The summed E-state index contributed by atoms with van der Waals surface area (Å²) < 4.78 is 34.9. The van der Waals surface area contributed by atoms with E-state index < -0.39 is 41.3 Å². The van der Waals surface area contributed by atoms with Gasteiger partial charge in [-0.05, 0) is 64.4 Å². The molecule has 5 N–H and O–H groups in total. The summed E-state index contributed by atoms with van der Waals surface area (Å²) in [4.78, 5) is 34.7. The van der Waals surface area contributed by atoms with Gasteiger partial charge < -0.3 is 26.4 Å². The molecule has 0 radical (unpaired) electrons. The molecule has 0 aliphatic carbocycles. The third-order valence-electron chi connectivity index (χ3n) is 5.94. The Morgan fingerprint density at radius 3 is 2.43 bits per heavy atom. The lowest BCUT2D eigenvalue weighted by Crippen LogP contribution is -2.42. The summed E-state index contributed by atoms with van der Waals surface area (Å²) >= 11 is 0. The number of halogens is 2. The predicted octanol–water partition coefficient (Wildman–Crippen LogP) is 4.55. The maximum atomic E-state index is 15.4. The molecule has 42 heavy (non-hydrogen) atoms. The van der Waals surface area contributed by atoms with Crippen molar-refractivity contribution in [1.82, 2.24) is 30.3 Å². The number of carbonyl (C=O) groups excluding carboxylic acids is 2. The molecule has 0 aliphatic heterocycles. The van der Waals surface area contributed by atoms with Crippen molar-refractivity contribution in [2.75, 3.05) is 10.6 Å². The van der Waals surface area contributed by atoms with Crippen molar-refractivity contribution in [3.05, 3.63) is 83.4 Å². The van der Waals surface area contributed by atoms with Gasteiger partial charge in [-0.3, -0.25) is 9.78 Å². The summed E-state index contributed by atoms with van der Waals surface area (Å²) in [6.45, 7) is 8.56. The van der Waals surface area contributed by atoms with Gasteiger partial charge in [-0.1, -0.05) is 12.1 Å². The molecule has 0 fully saturated rings. The van der Waals surface area contributed by atoms with Crippen LogP contribution in [0.1, 0.15) is 55.4 Å². The monoisotopic (exact) mass is 579 g/mol. The number of hydrogen-bond acceptors (Lipinski definition) is 9. The number of rotatable bonds is 9. The van der Waals surface area contributed by atoms with Gasteiger partial charge in [0, 0.05) is 0 Å². The molecule has 2 amide bonds. The zero-order chi connectivity index (χ0) is 30.6. The number of ether oxygens (including phenoxy) is 1. The van der Waals surface area contributed by atoms with Crippen LogP contribution in [0.3, 0.4) is 0 Å². The zero-order valence-electron chi connectivity index (χ0n) is 23.6. The fourth-order valence-corrected chi connectivity index (χ4v) is 4.06. The number of amides is 2. The van der Waals surface area contributed by atoms with Crippen LogP contribution in [-0.4, -0.2) is 48.6 Å². The number of anilines is 3. The summed E-state index contributed by atoms with van der Waals surface area (Å²) in [6.07, 6.45) is 3.80. The van der Waals surface area contributed by atoms with Crippen molar-refractivity contribution < 1.29 is 23.1 Å². The molecule has 14 heteroatoms. The Bertz CT molecular complexity index is 1590. The summed E-state index contributed by atoms with van der Waals surface area (Å²) in [5.41, 5.74) is 6.52. The van der Waals surface area contributed by atoms with Gasteiger partial charge in [-0.25, -0.2) is 18.6 Å². The van der Waals surface area contributed by atoms with E-state index >= 15 is 4.39 Å². The van der Waals surface area contributed by atoms with Gasteiger partial charge in [-0.15, -0.1) is 4.80 Å². The Hall–Kier alpha value is -5.14. The van der Waals surface area contributed by atoms with Crippen LogP contribution in [-0.2, 0) is 4.74 Å². The highest BCUT2D eigenvalue weighted by molar-refractivity contribution is 5.98. The molecule has 3 heterocycles. The number of primary amides is 1. The predicted molar refractivity (Wildman–Crippen MR) is 151 cm³/mol. The number of carbonyl (C=O) groups is 2. The van der Waals surface area contributed by atoms with Crippen LogP contribution in [0.15, 0.2) is 55.0 Å². The number of alkyl carbamates (subject to hydrolysis) is 1. The maximum absolute atomic E-state index is 15.4. The Balaban J connectivity index is 1.70. The summed E-state index contributed by atoms with van der Waals surface area (Å²) in [5.74, 6) is -2.71. The van der Waals surface area contributed by atoms with E-state index in [4.69, 9.17) is 10.5 Å². The number of hydrogen-bond donors (Lipinski definition) is 4. The number of nitrogens with one attached hydrogen (secondary N) is 3. The average Bonchev–Trinajstić information content (AvgIpc) is 3.43. The molecule has 4 rings (SSSR count).